The highest BCUT2D eigenvalue weighted by Crippen LogP contribution is 2.36. The van der Waals surface area contributed by atoms with Gasteiger partial charge in [0.1, 0.15) is 0 Å². The molecule has 3 rings (SSSR count). The molecule has 21 heavy (non-hydrogen) atoms. The van der Waals surface area contributed by atoms with Gasteiger partial charge >= 0.3 is 0 Å². The first-order valence-electron chi connectivity index (χ1n) is 6.60. The van der Waals surface area contributed by atoms with E-state index in [9.17, 15) is 4.79 Å². The molecule has 5 heteroatoms. The summed E-state index contributed by atoms with van der Waals surface area (Å²) in [5, 5.41) is 3.95. The van der Waals surface area contributed by atoms with Crippen molar-refractivity contribution in [3.05, 3.63) is 62.6 Å². The van der Waals surface area contributed by atoms with Crippen molar-refractivity contribution >= 4 is 34.8 Å². The lowest BCUT2D eigenvalue weighted by atomic mass is 9.96. The first-order valence-corrected chi connectivity index (χ1v) is 7.35. The Morgan fingerprint density at radius 2 is 2.00 bits per heavy atom. The maximum Gasteiger partial charge on any atom is 0.228 e. The highest BCUT2D eigenvalue weighted by molar-refractivity contribution is 6.33. The maximum absolute atomic E-state index is 11.5. The van der Waals surface area contributed by atoms with Crippen LogP contribution < -0.4 is 11.1 Å². The molecule has 1 atom stereocenters. The normalized spacial score (nSPS) is 14.8. The summed E-state index contributed by atoms with van der Waals surface area (Å²) in [6.45, 7) is 1.94. The van der Waals surface area contributed by atoms with Crippen molar-refractivity contribution in [1.29, 1.82) is 0 Å². The lowest BCUT2D eigenvalue weighted by Crippen LogP contribution is -2.13. The summed E-state index contributed by atoms with van der Waals surface area (Å²) >= 11 is 12.7. The molecule has 1 aliphatic heterocycles. The number of anilines is 1. The predicted octanol–water partition coefficient (Wildman–Crippen LogP) is 3.84. The third kappa shape index (κ3) is 2.53. The number of fused-ring (bicyclic) bond motifs is 1. The summed E-state index contributed by atoms with van der Waals surface area (Å²) in [7, 11) is 0. The average Bonchev–Trinajstić information content (AvgIpc) is 2.79. The van der Waals surface area contributed by atoms with Gasteiger partial charge in [-0.25, -0.2) is 0 Å². The van der Waals surface area contributed by atoms with Crippen LogP contribution in [0.15, 0.2) is 30.3 Å². The molecule has 1 aliphatic rings. The Balaban J connectivity index is 2.06. The van der Waals surface area contributed by atoms with Crippen molar-refractivity contribution in [2.24, 2.45) is 5.73 Å². The highest BCUT2D eigenvalue weighted by Gasteiger charge is 2.23. The van der Waals surface area contributed by atoms with Crippen LogP contribution >= 0.6 is 23.2 Å². The molecular formula is C16H14Cl2N2O. The quantitative estimate of drug-likeness (QED) is 0.883. The van der Waals surface area contributed by atoms with Gasteiger partial charge in [0.2, 0.25) is 5.91 Å². The molecule has 3 N–H and O–H groups in total. The highest BCUT2D eigenvalue weighted by atomic mass is 35.5. The summed E-state index contributed by atoms with van der Waals surface area (Å²) in [6.07, 6.45) is 0.355. The molecule has 1 unspecified atom stereocenters. The van der Waals surface area contributed by atoms with E-state index in [1.165, 1.54) is 0 Å². The minimum atomic E-state index is -0.425. The smallest absolute Gasteiger partial charge is 0.228 e. The largest absolute Gasteiger partial charge is 0.325 e. The van der Waals surface area contributed by atoms with E-state index in [1.807, 2.05) is 31.2 Å². The molecule has 0 aromatic heterocycles. The Bertz CT molecular complexity index is 743. The monoisotopic (exact) mass is 320 g/mol. The van der Waals surface area contributed by atoms with Crippen molar-refractivity contribution in [1.82, 2.24) is 0 Å². The number of benzene rings is 2. The van der Waals surface area contributed by atoms with Gasteiger partial charge in [-0.1, -0.05) is 41.4 Å². The maximum atomic E-state index is 11.5. The molecule has 0 fully saturated rings. The molecule has 0 saturated heterocycles. The number of carbonyl (C=O) groups excluding carboxylic acids is 1. The van der Waals surface area contributed by atoms with E-state index in [4.69, 9.17) is 28.9 Å². The molecule has 1 amide bonds. The minimum Gasteiger partial charge on any atom is -0.325 e. The van der Waals surface area contributed by atoms with E-state index in [2.05, 4.69) is 5.32 Å². The number of nitrogens with two attached hydrogens (primary N) is 1. The van der Waals surface area contributed by atoms with E-state index in [0.717, 1.165) is 27.9 Å². The summed E-state index contributed by atoms with van der Waals surface area (Å²) in [6, 6.07) is 8.96. The number of aryl methyl sites for hydroxylation is 1. The molecule has 3 nitrogen and oxygen atoms in total. The van der Waals surface area contributed by atoms with Gasteiger partial charge in [0.05, 0.1) is 12.5 Å². The number of rotatable bonds is 2. The number of hydrogen-bond acceptors (Lipinski definition) is 2. The van der Waals surface area contributed by atoms with Gasteiger partial charge < -0.3 is 11.1 Å². The van der Waals surface area contributed by atoms with Crippen molar-refractivity contribution in [2.45, 2.75) is 19.4 Å². The number of nitrogens with one attached hydrogen (secondary N) is 1. The van der Waals surface area contributed by atoms with Crippen molar-refractivity contribution in [3.63, 3.8) is 0 Å². The average molecular weight is 321 g/mol. The first-order chi connectivity index (χ1) is 9.97. The molecule has 2 aromatic rings. The van der Waals surface area contributed by atoms with E-state index >= 15 is 0 Å². The zero-order chi connectivity index (χ0) is 15.1. The standard InChI is InChI=1S/C16H14Cl2N2O/c1-8-3-2-4-10(15(8)18)16(19)11-5-9-6-14(21)20-13(9)7-12(11)17/h2-5,7,16H,6,19H2,1H3,(H,20,21). The summed E-state index contributed by atoms with van der Waals surface area (Å²) in [5.74, 6) is -0.0274. The molecule has 0 radical (unpaired) electrons. The summed E-state index contributed by atoms with van der Waals surface area (Å²) in [4.78, 5) is 11.5. The van der Waals surface area contributed by atoms with Crippen LogP contribution in [0.3, 0.4) is 0 Å². The van der Waals surface area contributed by atoms with Crippen LogP contribution in [0.2, 0.25) is 10.0 Å². The van der Waals surface area contributed by atoms with Gasteiger partial charge in [-0.05, 0) is 41.3 Å². The predicted molar refractivity (Wildman–Crippen MR) is 86.0 cm³/mol. The summed E-state index contributed by atoms with van der Waals surface area (Å²) in [5.41, 5.74) is 10.6. The minimum absolute atomic E-state index is 0.0274. The third-order valence-corrected chi connectivity index (χ3v) is 4.58. The number of amides is 1. The lowest BCUT2D eigenvalue weighted by molar-refractivity contribution is -0.115. The topological polar surface area (TPSA) is 55.1 Å². The lowest BCUT2D eigenvalue weighted by Gasteiger charge is -2.18. The van der Waals surface area contributed by atoms with Crippen LogP contribution in [0.25, 0.3) is 0 Å². The Morgan fingerprint density at radius 1 is 1.24 bits per heavy atom. The van der Waals surface area contributed by atoms with Crippen molar-refractivity contribution < 1.29 is 4.79 Å². The molecule has 0 aliphatic carbocycles. The molecule has 1 heterocycles. The first kappa shape index (κ1) is 14.4. The number of carbonyl (C=O) groups is 1. The van der Waals surface area contributed by atoms with Gasteiger partial charge in [-0.3, -0.25) is 4.79 Å². The van der Waals surface area contributed by atoms with Gasteiger partial charge in [0.25, 0.3) is 0 Å². The fourth-order valence-corrected chi connectivity index (χ4v) is 3.11. The number of halogens is 2. The zero-order valence-corrected chi connectivity index (χ0v) is 12.9. The van der Waals surface area contributed by atoms with Crippen LogP contribution in [-0.2, 0) is 11.2 Å². The molecule has 2 aromatic carbocycles. The van der Waals surface area contributed by atoms with Crippen LogP contribution in [0, 0.1) is 6.92 Å². The van der Waals surface area contributed by atoms with Crippen LogP contribution in [0.1, 0.15) is 28.3 Å². The van der Waals surface area contributed by atoms with E-state index in [1.54, 1.807) is 6.07 Å². The SMILES string of the molecule is Cc1cccc(C(N)c2cc3c(cc2Cl)NC(=O)C3)c1Cl. The Hall–Kier alpha value is -1.55. The fourth-order valence-electron chi connectivity index (χ4n) is 2.58. The third-order valence-electron chi connectivity index (χ3n) is 3.74. The van der Waals surface area contributed by atoms with E-state index < -0.39 is 6.04 Å². The Kier molecular flexibility index (Phi) is 3.66. The van der Waals surface area contributed by atoms with Gasteiger partial charge in [0, 0.05) is 15.7 Å². The molecule has 0 saturated carbocycles. The molecule has 0 spiro atoms. The van der Waals surface area contributed by atoms with Crippen LogP contribution in [0.5, 0.6) is 0 Å². The summed E-state index contributed by atoms with van der Waals surface area (Å²) < 4.78 is 0. The van der Waals surface area contributed by atoms with Gasteiger partial charge in [0.15, 0.2) is 0 Å². The van der Waals surface area contributed by atoms with Gasteiger partial charge in [-0.2, -0.15) is 0 Å². The zero-order valence-electron chi connectivity index (χ0n) is 11.4. The molecular weight excluding hydrogens is 307 g/mol. The van der Waals surface area contributed by atoms with E-state index in [-0.39, 0.29) is 5.91 Å². The second-order valence-corrected chi connectivity index (χ2v) is 6.00. The molecule has 108 valence electrons. The second-order valence-electron chi connectivity index (χ2n) is 5.21. The van der Waals surface area contributed by atoms with Crippen LogP contribution in [-0.4, -0.2) is 5.91 Å². The Morgan fingerprint density at radius 3 is 2.76 bits per heavy atom. The number of hydrogen-bond donors (Lipinski definition) is 2. The van der Waals surface area contributed by atoms with Crippen molar-refractivity contribution in [3.8, 4) is 0 Å². The van der Waals surface area contributed by atoms with Crippen molar-refractivity contribution in [2.75, 3.05) is 5.32 Å². The second kappa shape index (κ2) is 5.34. The van der Waals surface area contributed by atoms with Gasteiger partial charge in [-0.15, -0.1) is 0 Å². The van der Waals surface area contributed by atoms with Crippen LogP contribution in [0.4, 0.5) is 5.69 Å². The van der Waals surface area contributed by atoms with E-state index in [0.29, 0.717) is 16.5 Å². The Labute approximate surface area is 133 Å². The fraction of sp³-hybridized carbons (Fsp3) is 0.188. The molecule has 0 bridgehead atoms.